The van der Waals surface area contributed by atoms with Crippen LogP contribution in [0.3, 0.4) is 0 Å². The van der Waals surface area contributed by atoms with Crippen LogP contribution in [0.5, 0.6) is 0 Å². The number of hydrogen-bond donors (Lipinski definition) is 1. The molecule has 0 radical (unpaired) electrons. The summed E-state index contributed by atoms with van der Waals surface area (Å²) in [5, 5.41) is 3.46. The monoisotopic (exact) mass is 251 g/mol. The second-order valence-electron chi connectivity index (χ2n) is 5.20. The molecule has 1 aliphatic heterocycles. The number of rotatable bonds is 5. The Labute approximate surface area is 109 Å². The maximum atomic E-state index is 12.9. The molecule has 0 bridgehead atoms. The van der Waals surface area contributed by atoms with Gasteiger partial charge in [-0.3, -0.25) is 0 Å². The Morgan fingerprint density at radius 2 is 1.89 bits per heavy atom. The van der Waals surface area contributed by atoms with Crippen LogP contribution in [0.4, 0.5) is 4.39 Å². The zero-order valence-corrected chi connectivity index (χ0v) is 11.0. The first-order valence-electron chi connectivity index (χ1n) is 6.77. The van der Waals surface area contributed by atoms with Gasteiger partial charge in [0.2, 0.25) is 0 Å². The Hall–Kier alpha value is -0.930. The fraction of sp³-hybridized carbons (Fsp3) is 0.600. The molecule has 1 saturated heterocycles. The van der Waals surface area contributed by atoms with Crippen molar-refractivity contribution < 1.29 is 9.13 Å². The van der Waals surface area contributed by atoms with Crippen molar-refractivity contribution in [2.45, 2.75) is 26.2 Å². The lowest BCUT2D eigenvalue weighted by Gasteiger charge is -2.37. The molecule has 1 fully saturated rings. The van der Waals surface area contributed by atoms with Crippen LogP contribution >= 0.6 is 0 Å². The highest BCUT2D eigenvalue weighted by molar-refractivity contribution is 5.18. The minimum absolute atomic E-state index is 0.161. The molecule has 1 aromatic rings. The van der Waals surface area contributed by atoms with Gasteiger partial charge >= 0.3 is 0 Å². The van der Waals surface area contributed by atoms with Crippen molar-refractivity contribution in [3.63, 3.8) is 0 Å². The second-order valence-corrected chi connectivity index (χ2v) is 5.20. The highest BCUT2D eigenvalue weighted by Gasteiger charge is 2.32. The van der Waals surface area contributed by atoms with Crippen LogP contribution in [-0.2, 0) is 11.2 Å². The van der Waals surface area contributed by atoms with E-state index in [1.165, 1.54) is 5.56 Å². The van der Waals surface area contributed by atoms with Crippen molar-refractivity contribution in [2.24, 2.45) is 5.41 Å². The van der Waals surface area contributed by atoms with E-state index in [0.717, 1.165) is 45.6 Å². The van der Waals surface area contributed by atoms with Gasteiger partial charge < -0.3 is 10.1 Å². The molecule has 3 heteroatoms. The van der Waals surface area contributed by atoms with E-state index in [1.54, 1.807) is 12.1 Å². The van der Waals surface area contributed by atoms with Crippen LogP contribution in [0, 0.1) is 11.2 Å². The van der Waals surface area contributed by atoms with Gasteiger partial charge in [0.25, 0.3) is 0 Å². The summed E-state index contributed by atoms with van der Waals surface area (Å²) in [6.45, 7) is 5.82. The quantitative estimate of drug-likeness (QED) is 0.869. The van der Waals surface area contributed by atoms with E-state index in [-0.39, 0.29) is 11.2 Å². The van der Waals surface area contributed by atoms with Gasteiger partial charge in [-0.05, 0) is 48.9 Å². The Balaban J connectivity index is 2.06. The van der Waals surface area contributed by atoms with Crippen molar-refractivity contribution in [3.05, 3.63) is 35.6 Å². The van der Waals surface area contributed by atoms with E-state index in [1.807, 2.05) is 12.1 Å². The van der Waals surface area contributed by atoms with E-state index < -0.39 is 0 Å². The van der Waals surface area contributed by atoms with E-state index in [4.69, 9.17) is 4.74 Å². The molecule has 0 aliphatic carbocycles. The molecule has 1 heterocycles. The van der Waals surface area contributed by atoms with Crippen molar-refractivity contribution in [2.75, 3.05) is 26.3 Å². The van der Waals surface area contributed by atoms with Gasteiger partial charge in [0.1, 0.15) is 5.82 Å². The van der Waals surface area contributed by atoms with Crippen molar-refractivity contribution >= 4 is 0 Å². The first kappa shape index (κ1) is 13.5. The van der Waals surface area contributed by atoms with E-state index in [9.17, 15) is 4.39 Å². The highest BCUT2D eigenvalue weighted by atomic mass is 19.1. The van der Waals surface area contributed by atoms with Gasteiger partial charge in [0.15, 0.2) is 0 Å². The van der Waals surface area contributed by atoms with Crippen LogP contribution in [-0.4, -0.2) is 26.3 Å². The lowest BCUT2D eigenvalue weighted by atomic mass is 9.75. The standard InChI is InChI=1S/C15H22FNO/c1-2-17-12-15(7-9-18-10-8-15)11-13-3-5-14(16)6-4-13/h3-6,17H,2,7-12H2,1H3. The summed E-state index contributed by atoms with van der Waals surface area (Å²) in [5.41, 5.74) is 1.49. The number of halogens is 1. The van der Waals surface area contributed by atoms with Gasteiger partial charge in [-0.1, -0.05) is 19.1 Å². The molecular formula is C15H22FNO. The third kappa shape index (κ3) is 3.53. The minimum Gasteiger partial charge on any atom is -0.381 e. The maximum absolute atomic E-state index is 12.9. The normalized spacial score (nSPS) is 18.8. The van der Waals surface area contributed by atoms with Crippen LogP contribution in [0.25, 0.3) is 0 Å². The molecular weight excluding hydrogens is 229 g/mol. The number of benzene rings is 1. The molecule has 1 N–H and O–H groups in total. The molecule has 18 heavy (non-hydrogen) atoms. The Bertz CT molecular complexity index is 357. The van der Waals surface area contributed by atoms with Crippen LogP contribution in [0.1, 0.15) is 25.3 Å². The van der Waals surface area contributed by atoms with Gasteiger partial charge in [-0.25, -0.2) is 4.39 Å². The Morgan fingerprint density at radius 1 is 1.22 bits per heavy atom. The third-order valence-corrected chi connectivity index (χ3v) is 3.80. The first-order valence-corrected chi connectivity index (χ1v) is 6.77. The Morgan fingerprint density at radius 3 is 2.50 bits per heavy atom. The molecule has 0 amide bonds. The van der Waals surface area contributed by atoms with Crippen molar-refractivity contribution in [1.82, 2.24) is 5.32 Å². The fourth-order valence-corrected chi connectivity index (χ4v) is 2.65. The Kier molecular flexibility index (Phi) is 4.72. The van der Waals surface area contributed by atoms with E-state index in [2.05, 4.69) is 12.2 Å². The van der Waals surface area contributed by atoms with Gasteiger partial charge in [-0.2, -0.15) is 0 Å². The zero-order chi connectivity index (χ0) is 12.8. The van der Waals surface area contributed by atoms with Crippen molar-refractivity contribution in [3.8, 4) is 0 Å². The molecule has 1 aliphatic rings. The lowest BCUT2D eigenvalue weighted by molar-refractivity contribution is 0.0152. The van der Waals surface area contributed by atoms with Gasteiger partial charge in [0.05, 0.1) is 0 Å². The van der Waals surface area contributed by atoms with Gasteiger partial charge in [0, 0.05) is 19.8 Å². The molecule has 0 spiro atoms. The summed E-state index contributed by atoms with van der Waals surface area (Å²) < 4.78 is 18.4. The smallest absolute Gasteiger partial charge is 0.123 e. The lowest BCUT2D eigenvalue weighted by Crippen LogP contribution is -2.40. The average molecular weight is 251 g/mol. The molecule has 2 nitrogen and oxygen atoms in total. The number of ether oxygens (including phenoxy) is 1. The highest BCUT2D eigenvalue weighted by Crippen LogP contribution is 2.33. The summed E-state index contributed by atoms with van der Waals surface area (Å²) >= 11 is 0. The fourth-order valence-electron chi connectivity index (χ4n) is 2.65. The summed E-state index contributed by atoms with van der Waals surface area (Å²) in [7, 11) is 0. The second kappa shape index (κ2) is 6.30. The molecule has 0 saturated carbocycles. The SMILES string of the molecule is CCNCC1(Cc2ccc(F)cc2)CCOCC1. The summed E-state index contributed by atoms with van der Waals surface area (Å²) in [5.74, 6) is -0.161. The largest absolute Gasteiger partial charge is 0.381 e. The van der Waals surface area contributed by atoms with Crippen LogP contribution < -0.4 is 5.32 Å². The van der Waals surface area contributed by atoms with Crippen LogP contribution in [0.2, 0.25) is 0 Å². The predicted molar refractivity (Wildman–Crippen MR) is 71.1 cm³/mol. The zero-order valence-electron chi connectivity index (χ0n) is 11.0. The average Bonchev–Trinajstić information content (AvgIpc) is 2.40. The third-order valence-electron chi connectivity index (χ3n) is 3.80. The first-order chi connectivity index (χ1) is 8.74. The molecule has 0 atom stereocenters. The summed E-state index contributed by atoms with van der Waals surface area (Å²) in [4.78, 5) is 0. The molecule has 1 aromatic carbocycles. The number of nitrogens with one attached hydrogen (secondary N) is 1. The topological polar surface area (TPSA) is 21.3 Å². The maximum Gasteiger partial charge on any atom is 0.123 e. The molecule has 0 aromatic heterocycles. The molecule has 2 rings (SSSR count). The van der Waals surface area contributed by atoms with Gasteiger partial charge in [-0.15, -0.1) is 0 Å². The number of hydrogen-bond acceptors (Lipinski definition) is 2. The van der Waals surface area contributed by atoms with Crippen LogP contribution in [0.15, 0.2) is 24.3 Å². The minimum atomic E-state index is -0.161. The summed E-state index contributed by atoms with van der Waals surface area (Å²) in [6.07, 6.45) is 3.17. The van der Waals surface area contributed by atoms with E-state index in [0.29, 0.717) is 0 Å². The van der Waals surface area contributed by atoms with Crippen molar-refractivity contribution in [1.29, 1.82) is 0 Å². The predicted octanol–water partition coefficient (Wildman–Crippen LogP) is 2.77. The van der Waals surface area contributed by atoms with E-state index >= 15 is 0 Å². The molecule has 100 valence electrons. The molecule has 0 unspecified atom stereocenters. The summed E-state index contributed by atoms with van der Waals surface area (Å²) in [6, 6.07) is 6.90.